The van der Waals surface area contributed by atoms with Gasteiger partial charge in [-0.25, -0.2) is 0 Å². The van der Waals surface area contributed by atoms with Gasteiger partial charge < -0.3 is 10.1 Å². The quantitative estimate of drug-likeness (QED) is 0.838. The van der Waals surface area contributed by atoms with Gasteiger partial charge in [0.25, 0.3) is 0 Å². The molecule has 4 nitrogen and oxygen atoms in total. The molecule has 1 aromatic heterocycles. The van der Waals surface area contributed by atoms with E-state index in [0.717, 1.165) is 38.2 Å². The zero-order valence-electron chi connectivity index (χ0n) is 13.8. The molecule has 1 saturated heterocycles. The number of para-hydroxylation sites is 1. The number of carbonyl (C=O) groups is 1. The molecule has 1 aliphatic heterocycles. The van der Waals surface area contributed by atoms with Gasteiger partial charge in [0.15, 0.2) is 0 Å². The number of ether oxygens (including phenoxy) is 1. The van der Waals surface area contributed by atoms with E-state index in [9.17, 15) is 4.79 Å². The number of likely N-dealkylation sites (tertiary alicyclic amines) is 1. The summed E-state index contributed by atoms with van der Waals surface area (Å²) in [6, 6.07) is 14.1. The Labute approximate surface area is 147 Å². The van der Waals surface area contributed by atoms with Gasteiger partial charge in [-0.1, -0.05) is 24.3 Å². The maximum atomic E-state index is 12.1. The van der Waals surface area contributed by atoms with Crippen LogP contribution in [0.1, 0.15) is 24.1 Å². The van der Waals surface area contributed by atoms with Crippen LogP contribution in [-0.2, 0) is 11.3 Å². The summed E-state index contributed by atoms with van der Waals surface area (Å²) < 4.78 is 5.59. The van der Waals surface area contributed by atoms with Crippen LogP contribution in [0.4, 0.5) is 0 Å². The molecule has 1 aromatic carbocycles. The number of amides is 1. The van der Waals surface area contributed by atoms with Gasteiger partial charge in [0, 0.05) is 24.0 Å². The van der Waals surface area contributed by atoms with Crippen molar-refractivity contribution in [1.29, 1.82) is 0 Å². The van der Waals surface area contributed by atoms with Crippen LogP contribution in [0.2, 0.25) is 0 Å². The van der Waals surface area contributed by atoms with Gasteiger partial charge in [-0.15, -0.1) is 11.3 Å². The summed E-state index contributed by atoms with van der Waals surface area (Å²) in [5.41, 5.74) is 0. The number of rotatable bonds is 7. The van der Waals surface area contributed by atoms with Crippen molar-refractivity contribution in [1.82, 2.24) is 10.2 Å². The lowest BCUT2D eigenvalue weighted by Crippen LogP contribution is -2.47. The molecule has 3 rings (SSSR count). The number of piperidine rings is 1. The fourth-order valence-corrected chi connectivity index (χ4v) is 3.76. The average Bonchev–Trinajstić information content (AvgIpc) is 3.09. The highest BCUT2D eigenvalue weighted by Gasteiger charge is 2.21. The molecule has 1 unspecified atom stereocenters. The Kier molecular flexibility index (Phi) is 6.26. The second kappa shape index (κ2) is 8.85. The van der Waals surface area contributed by atoms with E-state index >= 15 is 0 Å². The van der Waals surface area contributed by atoms with E-state index < -0.39 is 0 Å². The number of benzene rings is 1. The molecular weight excluding hydrogens is 320 g/mol. The molecule has 2 heterocycles. The van der Waals surface area contributed by atoms with Crippen LogP contribution in [0.3, 0.4) is 0 Å². The van der Waals surface area contributed by atoms with Crippen LogP contribution in [0.25, 0.3) is 0 Å². The molecule has 0 aliphatic carbocycles. The molecule has 2 aromatic rings. The highest BCUT2D eigenvalue weighted by molar-refractivity contribution is 7.09. The van der Waals surface area contributed by atoms with Crippen molar-refractivity contribution < 1.29 is 9.53 Å². The predicted octanol–water partition coefficient (Wildman–Crippen LogP) is 3.30. The lowest BCUT2D eigenvalue weighted by Gasteiger charge is -2.32. The molecule has 0 spiro atoms. The minimum Gasteiger partial charge on any atom is -0.493 e. The molecule has 1 N–H and O–H groups in total. The smallest absolute Gasteiger partial charge is 0.223 e. The molecule has 0 saturated carbocycles. The van der Waals surface area contributed by atoms with Gasteiger partial charge in [-0.3, -0.25) is 9.69 Å². The van der Waals surface area contributed by atoms with Crippen molar-refractivity contribution in [3.8, 4) is 5.75 Å². The van der Waals surface area contributed by atoms with Crippen molar-refractivity contribution in [2.75, 3.05) is 19.7 Å². The van der Waals surface area contributed by atoms with E-state index in [2.05, 4.69) is 27.7 Å². The summed E-state index contributed by atoms with van der Waals surface area (Å²) in [6.45, 7) is 3.45. The van der Waals surface area contributed by atoms with Crippen molar-refractivity contribution in [3.63, 3.8) is 0 Å². The van der Waals surface area contributed by atoms with Crippen LogP contribution < -0.4 is 10.1 Å². The third kappa shape index (κ3) is 5.35. The molecule has 0 radical (unpaired) electrons. The topological polar surface area (TPSA) is 41.6 Å². The van der Waals surface area contributed by atoms with Crippen molar-refractivity contribution >= 4 is 17.2 Å². The molecule has 1 aliphatic rings. The Morgan fingerprint density at radius 1 is 1.25 bits per heavy atom. The van der Waals surface area contributed by atoms with E-state index in [1.807, 2.05) is 30.3 Å². The van der Waals surface area contributed by atoms with Gasteiger partial charge in [-0.05, 0) is 43.0 Å². The Bertz CT molecular complexity index is 616. The van der Waals surface area contributed by atoms with Crippen LogP contribution >= 0.6 is 11.3 Å². The molecule has 1 amide bonds. The first-order valence-electron chi connectivity index (χ1n) is 8.51. The first-order valence-corrected chi connectivity index (χ1v) is 9.39. The van der Waals surface area contributed by atoms with Gasteiger partial charge >= 0.3 is 0 Å². The van der Waals surface area contributed by atoms with Crippen LogP contribution in [-0.4, -0.2) is 36.5 Å². The second-order valence-electron chi connectivity index (χ2n) is 6.13. The van der Waals surface area contributed by atoms with E-state index in [0.29, 0.717) is 13.0 Å². The average molecular weight is 344 g/mol. The predicted molar refractivity (Wildman–Crippen MR) is 97.3 cm³/mol. The summed E-state index contributed by atoms with van der Waals surface area (Å²) in [5, 5.41) is 5.27. The highest BCUT2D eigenvalue weighted by Crippen LogP contribution is 2.17. The minimum atomic E-state index is 0.0777. The summed E-state index contributed by atoms with van der Waals surface area (Å²) >= 11 is 1.80. The van der Waals surface area contributed by atoms with Gasteiger partial charge in [-0.2, -0.15) is 0 Å². The van der Waals surface area contributed by atoms with E-state index in [1.54, 1.807) is 11.3 Å². The Morgan fingerprint density at radius 3 is 2.92 bits per heavy atom. The van der Waals surface area contributed by atoms with Crippen LogP contribution in [0.5, 0.6) is 5.75 Å². The Morgan fingerprint density at radius 2 is 2.12 bits per heavy atom. The number of hydrogen-bond donors (Lipinski definition) is 1. The number of nitrogens with one attached hydrogen (secondary N) is 1. The summed E-state index contributed by atoms with van der Waals surface area (Å²) in [6.07, 6.45) is 2.60. The minimum absolute atomic E-state index is 0.0777. The van der Waals surface area contributed by atoms with Crippen molar-refractivity contribution in [3.05, 3.63) is 52.7 Å². The normalized spacial score (nSPS) is 18.2. The zero-order valence-corrected chi connectivity index (χ0v) is 14.6. The second-order valence-corrected chi connectivity index (χ2v) is 7.16. The molecule has 0 bridgehead atoms. The Hall–Kier alpha value is -1.85. The van der Waals surface area contributed by atoms with Gasteiger partial charge in [0.05, 0.1) is 13.0 Å². The number of hydrogen-bond acceptors (Lipinski definition) is 4. The molecular formula is C19H24N2O2S. The van der Waals surface area contributed by atoms with Crippen LogP contribution in [0.15, 0.2) is 47.8 Å². The number of nitrogens with zero attached hydrogens (tertiary/aromatic N) is 1. The first kappa shape index (κ1) is 17.0. The molecule has 5 heteroatoms. The third-order valence-electron chi connectivity index (χ3n) is 4.17. The molecule has 1 fully saturated rings. The summed E-state index contributed by atoms with van der Waals surface area (Å²) in [5.74, 6) is 0.888. The molecule has 24 heavy (non-hydrogen) atoms. The SMILES string of the molecule is O=C(CCOc1ccccc1)NC1CCCN(Cc2cccs2)C1. The first-order chi connectivity index (χ1) is 11.8. The zero-order chi connectivity index (χ0) is 16.6. The fraction of sp³-hybridized carbons (Fsp3) is 0.421. The summed E-state index contributed by atoms with van der Waals surface area (Å²) in [7, 11) is 0. The maximum Gasteiger partial charge on any atom is 0.223 e. The molecule has 1 atom stereocenters. The van der Waals surface area contributed by atoms with Crippen LogP contribution in [0, 0.1) is 0 Å². The largest absolute Gasteiger partial charge is 0.493 e. The van der Waals surface area contributed by atoms with E-state index in [1.165, 1.54) is 4.88 Å². The maximum absolute atomic E-state index is 12.1. The monoisotopic (exact) mass is 344 g/mol. The highest BCUT2D eigenvalue weighted by atomic mass is 32.1. The molecule has 128 valence electrons. The third-order valence-corrected chi connectivity index (χ3v) is 5.03. The van der Waals surface area contributed by atoms with Gasteiger partial charge in [0.2, 0.25) is 5.91 Å². The van der Waals surface area contributed by atoms with Crippen molar-refractivity contribution in [2.24, 2.45) is 0 Å². The number of thiophene rings is 1. The lowest BCUT2D eigenvalue weighted by molar-refractivity contribution is -0.122. The summed E-state index contributed by atoms with van der Waals surface area (Å²) in [4.78, 5) is 15.9. The van der Waals surface area contributed by atoms with E-state index in [-0.39, 0.29) is 11.9 Å². The lowest BCUT2D eigenvalue weighted by atomic mass is 10.1. The van der Waals surface area contributed by atoms with Crippen molar-refractivity contribution in [2.45, 2.75) is 31.8 Å². The van der Waals surface area contributed by atoms with E-state index in [4.69, 9.17) is 4.74 Å². The fourth-order valence-electron chi connectivity index (χ4n) is 3.02. The van der Waals surface area contributed by atoms with Gasteiger partial charge in [0.1, 0.15) is 5.75 Å². The number of carbonyl (C=O) groups excluding carboxylic acids is 1. The Balaban J connectivity index is 1.37. The standard InChI is InChI=1S/C19H24N2O2S/c22-19(10-12-23-17-7-2-1-3-8-17)20-16-6-4-11-21(14-16)15-18-9-5-13-24-18/h1-3,5,7-9,13,16H,4,6,10-12,14-15H2,(H,20,22).